The van der Waals surface area contributed by atoms with Gasteiger partial charge in [-0.2, -0.15) is 0 Å². The number of imidazole rings is 1. The molecule has 0 aliphatic carbocycles. The molecule has 0 N–H and O–H groups in total. The van der Waals surface area contributed by atoms with Crippen LogP contribution in [-0.2, 0) is 17.2 Å². The maximum Gasteiger partial charge on any atom is 0.368 e. The van der Waals surface area contributed by atoms with Gasteiger partial charge in [-0.05, 0) is 37.3 Å². The van der Waals surface area contributed by atoms with Gasteiger partial charge in [0.15, 0.2) is 6.20 Å². The first-order chi connectivity index (χ1) is 10.2. The number of aryl methyl sites for hydroxylation is 4. The molecular formula is C14H17N3O3S2. The fraction of sp³-hybridized carbons (Fsp3) is 0.286. The molecule has 2 heterocycles. The SMILES string of the molecule is Cc1ccc(S(=O)(=O)[O-])cc1.Cc1nn2cc(C)[n+](C)c2s1. The molecule has 22 heavy (non-hydrogen) atoms. The van der Waals surface area contributed by atoms with Crippen LogP contribution in [0.15, 0.2) is 35.4 Å². The summed E-state index contributed by atoms with van der Waals surface area (Å²) in [4.78, 5) is 1.02. The van der Waals surface area contributed by atoms with Gasteiger partial charge in [-0.25, -0.2) is 13.0 Å². The second-order valence-corrected chi connectivity index (χ2v) is 7.48. The van der Waals surface area contributed by atoms with Gasteiger partial charge in [0.1, 0.15) is 20.8 Å². The molecule has 0 saturated heterocycles. The van der Waals surface area contributed by atoms with Crippen molar-refractivity contribution >= 4 is 26.4 Å². The molecule has 2 aromatic heterocycles. The van der Waals surface area contributed by atoms with Gasteiger partial charge in [0, 0.05) is 6.92 Å². The molecular weight excluding hydrogens is 322 g/mol. The van der Waals surface area contributed by atoms with E-state index in [4.69, 9.17) is 0 Å². The van der Waals surface area contributed by atoms with E-state index in [0.717, 1.165) is 10.6 Å². The summed E-state index contributed by atoms with van der Waals surface area (Å²) in [6.07, 6.45) is 2.04. The molecule has 0 aliphatic heterocycles. The molecule has 0 aliphatic rings. The van der Waals surface area contributed by atoms with E-state index in [1.165, 1.54) is 22.8 Å². The van der Waals surface area contributed by atoms with Crippen LogP contribution in [0.1, 0.15) is 16.3 Å². The molecule has 8 heteroatoms. The highest BCUT2D eigenvalue weighted by Crippen LogP contribution is 2.10. The van der Waals surface area contributed by atoms with E-state index in [1.807, 2.05) is 24.6 Å². The van der Waals surface area contributed by atoms with Crippen LogP contribution in [0.25, 0.3) is 4.96 Å². The maximum absolute atomic E-state index is 10.4. The third-order valence-corrected chi connectivity index (χ3v) is 4.99. The van der Waals surface area contributed by atoms with E-state index < -0.39 is 10.1 Å². The molecule has 0 spiro atoms. The van der Waals surface area contributed by atoms with Crippen molar-refractivity contribution in [2.24, 2.45) is 7.05 Å². The van der Waals surface area contributed by atoms with Crippen molar-refractivity contribution in [3.63, 3.8) is 0 Å². The van der Waals surface area contributed by atoms with Crippen LogP contribution in [0.4, 0.5) is 0 Å². The Morgan fingerprint density at radius 1 is 1.18 bits per heavy atom. The van der Waals surface area contributed by atoms with Gasteiger partial charge < -0.3 is 4.55 Å². The lowest BCUT2D eigenvalue weighted by Crippen LogP contribution is -2.28. The number of hydrogen-bond acceptors (Lipinski definition) is 5. The molecule has 1 aromatic carbocycles. The van der Waals surface area contributed by atoms with Crippen molar-refractivity contribution in [3.8, 4) is 0 Å². The number of aromatic nitrogens is 3. The molecule has 0 fully saturated rings. The normalized spacial score (nSPS) is 11.3. The number of rotatable bonds is 1. The zero-order chi connectivity index (χ0) is 16.5. The van der Waals surface area contributed by atoms with Crippen molar-refractivity contribution in [2.45, 2.75) is 25.7 Å². The van der Waals surface area contributed by atoms with Gasteiger partial charge in [-0.15, -0.1) is 0 Å². The Bertz CT molecular complexity index is 893. The predicted octanol–water partition coefficient (Wildman–Crippen LogP) is 1.74. The largest absolute Gasteiger partial charge is 0.744 e. The average molecular weight is 339 g/mol. The van der Waals surface area contributed by atoms with E-state index in [1.54, 1.807) is 23.5 Å². The lowest BCUT2D eigenvalue weighted by molar-refractivity contribution is -0.648. The van der Waals surface area contributed by atoms with Gasteiger partial charge in [0.2, 0.25) is 0 Å². The first kappa shape index (κ1) is 16.6. The van der Waals surface area contributed by atoms with Crippen LogP contribution in [-0.4, -0.2) is 22.6 Å². The van der Waals surface area contributed by atoms with E-state index in [2.05, 4.69) is 23.6 Å². The average Bonchev–Trinajstić information content (AvgIpc) is 2.89. The van der Waals surface area contributed by atoms with E-state index in [0.29, 0.717) is 0 Å². The maximum atomic E-state index is 10.4. The molecule has 3 aromatic rings. The highest BCUT2D eigenvalue weighted by molar-refractivity contribution is 7.85. The van der Waals surface area contributed by atoms with Crippen molar-refractivity contribution in [3.05, 3.63) is 46.7 Å². The predicted molar refractivity (Wildman–Crippen MR) is 82.9 cm³/mol. The summed E-state index contributed by atoms with van der Waals surface area (Å²) < 4.78 is 35.2. The molecule has 0 amide bonds. The second kappa shape index (κ2) is 6.15. The summed E-state index contributed by atoms with van der Waals surface area (Å²) in [6, 6.07) is 5.78. The zero-order valence-corrected chi connectivity index (χ0v) is 14.4. The summed E-state index contributed by atoms with van der Waals surface area (Å²) in [5.74, 6) is 0. The molecule has 118 valence electrons. The molecule has 0 unspecified atom stereocenters. The molecule has 6 nitrogen and oxygen atoms in total. The third kappa shape index (κ3) is 3.70. The van der Waals surface area contributed by atoms with Gasteiger partial charge >= 0.3 is 4.96 Å². The first-order valence-electron chi connectivity index (χ1n) is 6.52. The first-order valence-corrected chi connectivity index (χ1v) is 8.75. The van der Waals surface area contributed by atoms with Crippen molar-refractivity contribution in [2.75, 3.05) is 0 Å². The Labute approximate surface area is 133 Å². The smallest absolute Gasteiger partial charge is 0.368 e. The van der Waals surface area contributed by atoms with E-state index >= 15 is 0 Å². The monoisotopic (exact) mass is 339 g/mol. The second-order valence-electron chi connectivity index (χ2n) is 4.94. The number of fused-ring (bicyclic) bond motifs is 1. The zero-order valence-electron chi connectivity index (χ0n) is 12.8. The highest BCUT2D eigenvalue weighted by atomic mass is 32.2. The summed E-state index contributed by atoms with van der Waals surface area (Å²) in [5, 5.41) is 5.42. The lowest BCUT2D eigenvalue weighted by atomic mass is 10.2. The molecule has 0 atom stereocenters. The Balaban J connectivity index is 0.000000160. The Kier molecular flexibility index (Phi) is 4.64. The summed E-state index contributed by atoms with van der Waals surface area (Å²) >= 11 is 1.71. The van der Waals surface area contributed by atoms with Crippen LogP contribution >= 0.6 is 11.3 Å². The summed E-state index contributed by atoms with van der Waals surface area (Å²) in [5.41, 5.74) is 2.17. The number of benzene rings is 1. The van der Waals surface area contributed by atoms with Crippen molar-refractivity contribution in [1.29, 1.82) is 0 Å². The lowest BCUT2D eigenvalue weighted by Gasteiger charge is -2.05. The minimum Gasteiger partial charge on any atom is -0.744 e. The Morgan fingerprint density at radius 2 is 1.77 bits per heavy atom. The van der Waals surface area contributed by atoms with Gasteiger partial charge in [-0.3, -0.25) is 0 Å². The summed E-state index contributed by atoms with van der Waals surface area (Å²) in [7, 11) is -2.21. The van der Waals surface area contributed by atoms with E-state index in [-0.39, 0.29) is 4.90 Å². The topological polar surface area (TPSA) is 78.4 Å². The minimum atomic E-state index is -4.27. The number of nitrogens with zero attached hydrogens (tertiary/aromatic N) is 3. The Morgan fingerprint density at radius 3 is 2.27 bits per heavy atom. The van der Waals surface area contributed by atoms with Crippen LogP contribution in [0.3, 0.4) is 0 Å². The number of hydrogen-bond donors (Lipinski definition) is 0. The molecule has 0 saturated carbocycles. The third-order valence-electron chi connectivity index (χ3n) is 3.12. The van der Waals surface area contributed by atoms with Crippen LogP contribution < -0.4 is 4.57 Å². The minimum absolute atomic E-state index is 0.178. The van der Waals surface area contributed by atoms with Crippen LogP contribution in [0.2, 0.25) is 0 Å². The fourth-order valence-electron chi connectivity index (χ4n) is 1.82. The molecule has 0 bridgehead atoms. The van der Waals surface area contributed by atoms with Crippen molar-refractivity contribution in [1.82, 2.24) is 9.61 Å². The van der Waals surface area contributed by atoms with Crippen LogP contribution in [0, 0.1) is 20.8 Å². The standard InChI is InChI=1S/C7H10N3S.C7H8O3S/c1-5-4-10-7(9(5)3)11-6(2)8-10;1-6-2-4-7(5-3-6)11(8,9)10/h4H,1-3H3;2-5H,1H3,(H,8,9,10)/q+1;/p-1. The summed E-state index contributed by atoms with van der Waals surface area (Å²) in [6.45, 7) is 5.92. The van der Waals surface area contributed by atoms with Gasteiger partial charge in [0.25, 0.3) is 0 Å². The van der Waals surface area contributed by atoms with Gasteiger partial charge in [-0.1, -0.05) is 27.3 Å². The Hall–Kier alpha value is -1.77. The van der Waals surface area contributed by atoms with Crippen molar-refractivity contribution < 1.29 is 17.5 Å². The highest BCUT2D eigenvalue weighted by Gasteiger charge is 2.14. The fourth-order valence-corrected chi connectivity index (χ4v) is 3.15. The molecule has 0 radical (unpaired) electrons. The quantitative estimate of drug-likeness (QED) is 0.500. The molecule has 3 rings (SSSR count). The van der Waals surface area contributed by atoms with E-state index in [9.17, 15) is 13.0 Å². The van der Waals surface area contributed by atoms with Gasteiger partial charge in [0.05, 0.1) is 11.9 Å². The van der Waals surface area contributed by atoms with Crippen LogP contribution in [0.5, 0.6) is 0 Å².